The summed E-state index contributed by atoms with van der Waals surface area (Å²) in [6.07, 6.45) is 4.08. The Balaban J connectivity index is 2.53. The van der Waals surface area contributed by atoms with Crippen LogP contribution in [0.1, 0.15) is 39.5 Å². The molecule has 0 spiro atoms. The first-order chi connectivity index (χ1) is 7.57. The van der Waals surface area contributed by atoms with Gasteiger partial charge in [-0.15, -0.1) is 0 Å². The summed E-state index contributed by atoms with van der Waals surface area (Å²) >= 11 is 0. The Bertz CT molecular complexity index is 232. The molecule has 3 atom stereocenters. The third kappa shape index (κ3) is 3.19. The summed E-state index contributed by atoms with van der Waals surface area (Å²) in [5.41, 5.74) is 0. The van der Waals surface area contributed by atoms with E-state index in [2.05, 4.69) is 4.90 Å². The van der Waals surface area contributed by atoms with Gasteiger partial charge >= 0.3 is 5.97 Å². The molecule has 1 rings (SSSR count). The molecule has 1 aliphatic heterocycles. The predicted octanol–water partition coefficient (Wildman–Crippen LogP) is 1.33. The van der Waals surface area contributed by atoms with Crippen molar-refractivity contribution in [1.82, 2.24) is 4.90 Å². The average Bonchev–Trinajstić information content (AvgIpc) is 2.72. The van der Waals surface area contributed by atoms with Gasteiger partial charge in [-0.3, -0.25) is 9.69 Å². The van der Waals surface area contributed by atoms with Crippen molar-refractivity contribution in [3.63, 3.8) is 0 Å². The van der Waals surface area contributed by atoms with E-state index in [0.717, 1.165) is 32.2 Å². The van der Waals surface area contributed by atoms with Crippen LogP contribution in [0.5, 0.6) is 0 Å². The summed E-state index contributed by atoms with van der Waals surface area (Å²) < 4.78 is 0. The molecule has 3 unspecified atom stereocenters. The lowest BCUT2D eigenvalue weighted by Gasteiger charge is -2.32. The monoisotopic (exact) mass is 229 g/mol. The van der Waals surface area contributed by atoms with Crippen LogP contribution in [0.3, 0.4) is 0 Å². The van der Waals surface area contributed by atoms with Crippen LogP contribution in [0.2, 0.25) is 0 Å². The molecule has 1 heterocycles. The molecule has 0 amide bonds. The van der Waals surface area contributed by atoms with Gasteiger partial charge < -0.3 is 10.2 Å². The third-order valence-corrected chi connectivity index (χ3v) is 3.75. The molecule has 16 heavy (non-hydrogen) atoms. The standard InChI is InChI=1S/C12H23NO3/c1-9(12(15)16)10(2)13-7-3-5-11(13)6-4-8-14/h9-11,14H,3-8H2,1-2H3,(H,15,16). The van der Waals surface area contributed by atoms with Crippen LogP contribution < -0.4 is 0 Å². The van der Waals surface area contributed by atoms with Crippen molar-refractivity contribution >= 4 is 5.97 Å². The van der Waals surface area contributed by atoms with Crippen molar-refractivity contribution in [3.8, 4) is 0 Å². The third-order valence-electron chi connectivity index (χ3n) is 3.75. The largest absolute Gasteiger partial charge is 0.481 e. The van der Waals surface area contributed by atoms with Gasteiger partial charge in [-0.05, 0) is 39.2 Å². The summed E-state index contributed by atoms with van der Waals surface area (Å²) in [7, 11) is 0. The van der Waals surface area contributed by atoms with Gasteiger partial charge in [0.2, 0.25) is 0 Å². The fourth-order valence-electron chi connectivity index (χ4n) is 2.52. The smallest absolute Gasteiger partial charge is 0.307 e. The number of likely N-dealkylation sites (tertiary alicyclic amines) is 1. The van der Waals surface area contributed by atoms with E-state index in [1.54, 1.807) is 6.92 Å². The molecule has 0 saturated carbocycles. The van der Waals surface area contributed by atoms with Gasteiger partial charge in [0.25, 0.3) is 0 Å². The number of hydrogen-bond donors (Lipinski definition) is 2. The van der Waals surface area contributed by atoms with Gasteiger partial charge in [-0.1, -0.05) is 6.92 Å². The lowest BCUT2D eigenvalue weighted by atomic mass is 10.00. The Labute approximate surface area is 97.3 Å². The van der Waals surface area contributed by atoms with Crippen LogP contribution in [0.15, 0.2) is 0 Å². The molecule has 0 aliphatic carbocycles. The van der Waals surface area contributed by atoms with E-state index in [1.165, 1.54) is 0 Å². The summed E-state index contributed by atoms with van der Waals surface area (Å²) in [6, 6.07) is 0.549. The molecule has 0 aromatic carbocycles. The maximum atomic E-state index is 11.0. The Morgan fingerprint density at radius 1 is 1.50 bits per heavy atom. The van der Waals surface area contributed by atoms with E-state index in [4.69, 9.17) is 10.2 Å². The molecule has 0 bridgehead atoms. The summed E-state index contributed by atoms with van der Waals surface area (Å²) in [6.45, 7) is 4.99. The minimum Gasteiger partial charge on any atom is -0.481 e. The van der Waals surface area contributed by atoms with Gasteiger partial charge in [-0.25, -0.2) is 0 Å². The van der Waals surface area contributed by atoms with Crippen molar-refractivity contribution in [2.75, 3.05) is 13.2 Å². The fraction of sp³-hybridized carbons (Fsp3) is 0.917. The molecule has 1 aliphatic rings. The number of aliphatic hydroxyl groups is 1. The second-order valence-electron chi connectivity index (χ2n) is 4.77. The van der Waals surface area contributed by atoms with Crippen molar-refractivity contribution in [3.05, 3.63) is 0 Å². The maximum absolute atomic E-state index is 11.0. The molecule has 0 radical (unpaired) electrons. The number of hydrogen-bond acceptors (Lipinski definition) is 3. The van der Waals surface area contributed by atoms with Crippen molar-refractivity contribution < 1.29 is 15.0 Å². The maximum Gasteiger partial charge on any atom is 0.307 e. The van der Waals surface area contributed by atoms with Crippen LogP contribution in [0.4, 0.5) is 0 Å². The summed E-state index contributed by atoms with van der Waals surface area (Å²) in [5.74, 6) is -1.05. The van der Waals surface area contributed by atoms with Gasteiger partial charge in [0.1, 0.15) is 0 Å². The number of nitrogens with zero attached hydrogens (tertiary/aromatic N) is 1. The topological polar surface area (TPSA) is 60.8 Å². The zero-order valence-corrected chi connectivity index (χ0v) is 10.2. The second kappa shape index (κ2) is 6.21. The van der Waals surface area contributed by atoms with Gasteiger partial charge in [0.05, 0.1) is 5.92 Å². The second-order valence-corrected chi connectivity index (χ2v) is 4.77. The summed E-state index contributed by atoms with van der Waals surface area (Å²) in [5, 5.41) is 17.8. The fourth-order valence-corrected chi connectivity index (χ4v) is 2.52. The van der Waals surface area contributed by atoms with Crippen LogP contribution >= 0.6 is 0 Å². The highest BCUT2D eigenvalue weighted by Gasteiger charge is 2.32. The molecule has 2 N–H and O–H groups in total. The Morgan fingerprint density at radius 2 is 2.19 bits per heavy atom. The van der Waals surface area contributed by atoms with E-state index in [0.29, 0.717) is 6.04 Å². The van der Waals surface area contributed by atoms with Crippen molar-refractivity contribution in [1.29, 1.82) is 0 Å². The first kappa shape index (κ1) is 13.5. The Kier molecular flexibility index (Phi) is 5.22. The minimum atomic E-state index is -0.722. The van der Waals surface area contributed by atoms with Gasteiger partial charge in [0, 0.05) is 18.7 Å². The van der Waals surface area contributed by atoms with E-state index in [-0.39, 0.29) is 18.6 Å². The van der Waals surface area contributed by atoms with Crippen LogP contribution in [-0.4, -0.2) is 46.3 Å². The van der Waals surface area contributed by atoms with E-state index in [9.17, 15) is 4.79 Å². The van der Waals surface area contributed by atoms with Gasteiger partial charge in [-0.2, -0.15) is 0 Å². The SMILES string of the molecule is CC(C(=O)O)C(C)N1CCCC1CCCO. The predicted molar refractivity (Wildman–Crippen MR) is 62.3 cm³/mol. The van der Waals surface area contributed by atoms with E-state index < -0.39 is 5.97 Å². The van der Waals surface area contributed by atoms with E-state index >= 15 is 0 Å². The Hall–Kier alpha value is -0.610. The van der Waals surface area contributed by atoms with Crippen LogP contribution in [0.25, 0.3) is 0 Å². The minimum absolute atomic E-state index is 0.0868. The normalized spacial score (nSPS) is 25.6. The number of carbonyl (C=O) groups is 1. The zero-order chi connectivity index (χ0) is 12.1. The molecule has 94 valence electrons. The van der Waals surface area contributed by atoms with Crippen molar-refractivity contribution in [2.45, 2.75) is 51.6 Å². The highest BCUT2D eigenvalue weighted by Crippen LogP contribution is 2.26. The molecule has 1 fully saturated rings. The van der Waals surface area contributed by atoms with Crippen LogP contribution in [-0.2, 0) is 4.79 Å². The van der Waals surface area contributed by atoms with Gasteiger partial charge in [0.15, 0.2) is 0 Å². The molecule has 4 heteroatoms. The number of carboxylic acids is 1. The Morgan fingerprint density at radius 3 is 2.75 bits per heavy atom. The number of carboxylic acid groups (broad SMARTS) is 1. The quantitative estimate of drug-likeness (QED) is 0.721. The van der Waals surface area contributed by atoms with E-state index in [1.807, 2.05) is 6.92 Å². The first-order valence-corrected chi connectivity index (χ1v) is 6.17. The number of rotatable bonds is 6. The molecule has 0 aromatic heterocycles. The first-order valence-electron chi connectivity index (χ1n) is 6.17. The molecule has 0 aromatic rings. The highest BCUT2D eigenvalue weighted by atomic mass is 16.4. The van der Waals surface area contributed by atoms with Crippen LogP contribution in [0, 0.1) is 5.92 Å². The lowest BCUT2D eigenvalue weighted by molar-refractivity contribution is -0.143. The molecule has 4 nitrogen and oxygen atoms in total. The van der Waals surface area contributed by atoms with Crippen molar-refractivity contribution in [2.24, 2.45) is 5.92 Å². The molecule has 1 saturated heterocycles. The summed E-state index contributed by atoms with van der Waals surface area (Å²) in [4.78, 5) is 13.3. The average molecular weight is 229 g/mol. The molecular formula is C12H23NO3. The zero-order valence-electron chi connectivity index (χ0n) is 10.2. The number of aliphatic hydroxyl groups excluding tert-OH is 1. The molecular weight excluding hydrogens is 206 g/mol. The number of aliphatic carboxylic acids is 1. The lowest BCUT2D eigenvalue weighted by Crippen LogP contribution is -2.43. The highest BCUT2D eigenvalue weighted by molar-refractivity contribution is 5.70.